The average molecular weight is 396 g/mol. The summed E-state index contributed by atoms with van der Waals surface area (Å²) >= 11 is 0. The maximum absolute atomic E-state index is 12.0. The van der Waals surface area contributed by atoms with Crippen LogP contribution in [-0.4, -0.2) is 32.9 Å². The highest BCUT2D eigenvalue weighted by Gasteiger charge is 2.07. The van der Waals surface area contributed by atoms with Crippen molar-refractivity contribution in [1.82, 2.24) is 5.43 Å². The van der Waals surface area contributed by atoms with Gasteiger partial charge in [0.25, 0.3) is 5.91 Å². The van der Waals surface area contributed by atoms with Gasteiger partial charge in [-0.2, -0.15) is 5.10 Å². The standard InChI is InChI=1S/C21H20N2O6/c1-13-8-21(25)29-19-10-16(6-7-17(13)19)28-12-20(24)23-22-11-14-4-5-15(26-2)9-18(14)27-3/h4-11H,12H2,1-3H3,(H,23,24)/b22-11-. The first-order valence-electron chi connectivity index (χ1n) is 8.71. The van der Waals surface area contributed by atoms with Gasteiger partial charge in [0.2, 0.25) is 0 Å². The van der Waals surface area contributed by atoms with Gasteiger partial charge in [0.15, 0.2) is 6.61 Å². The van der Waals surface area contributed by atoms with E-state index in [2.05, 4.69) is 10.5 Å². The van der Waals surface area contributed by atoms with Gasteiger partial charge in [-0.05, 0) is 36.8 Å². The van der Waals surface area contributed by atoms with Crippen LogP contribution in [0.4, 0.5) is 0 Å². The molecule has 2 aromatic carbocycles. The normalized spacial score (nSPS) is 10.9. The highest BCUT2D eigenvalue weighted by Crippen LogP contribution is 2.23. The summed E-state index contributed by atoms with van der Waals surface area (Å²) in [5.41, 5.74) is 3.83. The summed E-state index contributed by atoms with van der Waals surface area (Å²) in [5, 5.41) is 4.71. The first kappa shape index (κ1) is 19.9. The Balaban J connectivity index is 1.60. The van der Waals surface area contributed by atoms with E-state index in [1.165, 1.54) is 19.4 Å². The zero-order valence-electron chi connectivity index (χ0n) is 16.2. The zero-order chi connectivity index (χ0) is 20.8. The third-order valence-electron chi connectivity index (χ3n) is 4.13. The lowest BCUT2D eigenvalue weighted by Gasteiger charge is -2.08. The average Bonchev–Trinajstić information content (AvgIpc) is 2.72. The fourth-order valence-corrected chi connectivity index (χ4v) is 2.68. The van der Waals surface area contributed by atoms with Gasteiger partial charge in [0.05, 0.1) is 20.4 Å². The summed E-state index contributed by atoms with van der Waals surface area (Å²) < 4.78 is 21.0. The molecule has 0 saturated carbocycles. The van der Waals surface area contributed by atoms with Crippen molar-refractivity contribution in [2.75, 3.05) is 20.8 Å². The molecule has 1 N–H and O–H groups in total. The minimum Gasteiger partial charge on any atom is -0.497 e. The van der Waals surface area contributed by atoms with Crippen LogP contribution in [0.3, 0.4) is 0 Å². The van der Waals surface area contributed by atoms with E-state index in [4.69, 9.17) is 18.6 Å². The van der Waals surface area contributed by atoms with Gasteiger partial charge in [0, 0.05) is 29.1 Å². The van der Waals surface area contributed by atoms with Crippen molar-refractivity contribution in [3.8, 4) is 17.2 Å². The second-order valence-corrected chi connectivity index (χ2v) is 6.10. The van der Waals surface area contributed by atoms with Crippen molar-refractivity contribution in [1.29, 1.82) is 0 Å². The Labute approximate surface area is 166 Å². The third-order valence-corrected chi connectivity index (χ3v) is 4.13. The molecule has 0 aliphatic carbocycles. The highest BCUT2D eigenvalue weighted by molar-refractivity contribution is 5.86. The Morgan fingerprint density at radius 3 is 2.66 bits per heavy atom. The number of hydrogen-bond acceptors (Lipinski definition) is 7. The molecule has 0 fully saturated rings. The number of carbonyl (C=O) groups is 1. The molecule has 0 bridgehead atoms. The van der Waals surface area contributed by atoms with Crippen molar-refractivity contribution in [2.45, 2.75) is 6.92 Å². The van der Waals surface area contributed by atoms with E-state index in [0.29, 0.717) is 28.4 Å². The summed E-state index contributed by atoms with van der Waals surface area (Å²) in [6.45, 7) is 1.57. The number of aryl methyl sites for hydroxylation is 1. The van der Waals surface area contributed by atoms with Crippen LogP contribution in [0, 0.1) is 6.92 Å². The minimum atomic E-state index is -0.445. The number of fused-ring (bicyclic) bond motifs is 1. The predicted molar refractivity (Wildman–Crippen MR) is 108 cm³/mol. The monoisotopic (exact) mass is 396 g/mol. The van der Waals surface area contributed by atoms with Gasteiger partial charge in [-0.15, -0.1) is 0 Å². The summed E-state index contributed by atoms with van der Waals surface area (Å²) in [7, 11) is 3.10. The first-order valence-corrected chi connectivity index (χ1v) is 8.71. The fraction of sp³-hybridized carbons (Fsp3) is 0.190. The molecule has 0 aliphatic rings. The molecule has 1 aromatic heterocycles. The molecule has 0 spiro atoms. The summed E-state index contributed by atoms with van der Waals surface area (Å²) in [4.78, 5) is 23.5. The van der Waals surface area contributed by atoms with Crippen molar-refractivity contribution < 1.29 is 23.4 Å². The molecule has 0 unspecified atom stereocenters. The molecular formula is C21H20N2O6. The van der Waals surface area contributed by atoms with Crippen LogP contribution >= 0.6 is 0 Å². The van der Waals surface area contributed by atoms with Crippen LogP contribution in [0.15, 0.2) is 56.8 Å². The van der Waals surface area contributed by atoms with Gasteiger partial charge in [-0.3, -0.25) is 4.79 Å². The number of nitrogens with zero attached hydrogens (tertiary/aromatic N) is 1. The molecule has 0 aliphatic heterocycles. The molecule has 0 saturated heterocycles. The molecule has 1 amide bonds. The molecule has 0 atom stereocenters. The molecule has 1 heterocycles. The number of hydrazone groups is 1. The predicted octanol–water partition coefficient (Wildman–Crippen LogP) is 2.65. The van der Waals surface area contributed by atoms with E-state index in [1.807, 2.05) is 6.92 Å². The number of benzene rings is 2. The van der Waals surface area contributed by atoms with E-state index in [-0.39, 0.29) is 6.61 Å². The summed E-state index contributed by atoms with van der Waals surface area (Å²) in [6.07, 6.45) is 1.46. The number of methoxy groups -OCH3 is 2. The van der Waals surface area contributed by atoms with Crippen LogP contribution in [-0.2, 0) is 4.79 Å². The van der Waals surface area contributed by atoms with Crippen molar-refractivity contribution >= 4 is 23.1 Å². The Kier molecular flexibility index (Phi) is 6.13. The number of hydrogen-bond donors (Lipinski definition) is 1. The lowest BCUT2D eigenvalue weighted by atomic mass is 10.1. The van der Waals surface area contributed by atoms with E-state index >= 15 is 0 Å². The van der Waals surface area contributed by atoms with Crippen LogP contribution in [0.5, 0.6) is 17.2 Å². The van der Waals surface area contributed by atoms with Crippen molar-refractivity contribution in [3.05, 3.63) is 64.0 Å². The number of carbonyl (C=O) groups excluding carboxylic acids is 1. The summed E-state index contributed by atoms with van der Waals surface area (Å²) in [6, 6.07) is 11.7. The molecule has 29 heavy (non-hydrogen) atoms. The van der Waals surface area contributed by atoms with Crippen LogP contribution in [0.25, 0.3) is 11.0 Å². The zero-order valence-corrected chi connectivity index (χ0v) is 16.2. The van der Waals surface area contributed by atoms with Crippen molar-refractivity contribution in [2.24, 2.45) is 5.10 Å². The highest BCUT2D eigenvalue weighted by atomic mass is 16.5. The van der Waals surface area contributed by atoms with Crippen LogP contribution < -0.4 is 25.3 Å². The molecule has 3 aromatic rings. The fourth-order valence-electron chi connectivity index (χ4n) is 2.68. The first-order chi connectivity index (χ1) is 14.0. The molecule has 0 radical (unpaired) electrons. The SMILES string of the molecule is COc1ccc(/C=N\NC(=O)COc2ccc3c(C)cc(=O)oc3c2)c(OC)c1. The van der Waals surface area contributed by atoms with E-state index in [1.54, 1.807) is 43.5 Å². The maximum atomic E-state index is 12.0. The quantitative estimate of drug-likeness (QED) is 0.374. The van der Waals surface area contributed by atoms with Crippen LogP contribution in [0.1, 0.15) is 11.1 Å². The lowest BCUT2D eigenvalue weighted by molar-refractivity contribution is -0.123. The molecule has 150 valence electrons. The maximum Gasteiger partial charge on any atom is 0.336 e. The van der Waals surface area contributed by atoms with Gasteiger partial charge < -0.3 is 18.6 Å². The summed E-state index contributed by atoms with van der Waals surface area (Å²) in [5.74, 6) is 1.17. The van der Waals surface area contributed by atoms with Gasteiger partial charge in [0.1, 0.15) is 22.8 Å². The third kappa shape index (κ3) is 4.92. The minimum absolute atomic E-state index is 0.251. The Morgan fingerprint density at radius 1 is 1.10 bits per heavy atom. The molecule has 3 rings (SSSR count). The number of amides is 1. The molecule has 8 nitrogen and oxygen atoms in total. The largest absolute Gasteiger partial charge is 0.497 e. The Hall–Kier alpha value is -3.81. The number of ether oxygens (including phenoxy) is 3. The Morgan fingerprint density at radius 2 is 1.90 bits per heavy atom. The topological polar surface area (TPSA) is 99.4 Å². The Bertz CT molecular complexity index is 1120. The van der Waals surface area contributed by atoms with Crippen molar-refractivity contribution in [3.63, 3.8) is 0 Å². The van der Waals surface area contributed by atoms with E-state index in [0.717, 1.165) is 10.9 Å². The molecule has 8 heteroatoms. The second-order valence-electron chi connectivity index (χ2n) is 6.10. The van der Waals surface area contributed by atoms with Gasteiger partial charge in [-0.25, -0.2) is 10.2 Å². The van der Waals surface area contributed by atoms with Gasteiger partial charge in [-0.1, -0.05) is 0 Å². The number of nitrogens with one attached hydrogen (secondary N) is 1. The van der Waals surface area contributed by atoms with Gasteiger partial charge >= 0.3 is 5.63 Å². The number of rotatable bonds is 7. The van der Waals surface area contributed by atoms with Crippen LogP contribution in [0.2, 0.25) is 0 Å². The van der Waals surface area contributed by atoms with E-state index < -0.39 is 11.5 Å². The lowest BCUT2D eigenvalue weighted by Crippen LogP contribution is -2.24. The van der Waals surface area contributed by atoms with E-state index in [9.17, 15) is 9.59 Å². The second kappa shape index (κ2) is 8.92. The smallest absolute Gasteiger partial charge is 0.336 e. The molecular weight excluding hydrogens is 376 g/mol.